The van der Waals surface area contributed by atoms with Crippen LogP contribution in [0.2, 0.25) is 5.02 Å². The lowest BCUT2D eigenvalue weighted by Gasteiger charge is -2.11. The summed E-state index contributed by atoms with van der Waals surface area (Å²) in [4.78, 5) is 23.4. The summed E-state index contributed by atoms with van der Waals surface area (Å²) in [7, 11) is 0. The molecule has 0 unspecified atom stereocenters. The Morgan fingerprint density at radius 1 is 1.20 bits per heavy atom. The minimum absolute atomic E-state index is 0.0768. The molecule has 0 spiro atoms. The highest BCUT2D eigenvalue weighted by molar-refractivity contribution is 6.31. The molecule has 1 amide bonds. The van der Waals surface area contributed by atoms with Gasteiger partial charge >= 0.3 is 0 Å². The summed E-state index contributed by atoms with van der Waals surface area (Å²) in [5, 5.41) is 26.4. The molecule has 2 aromatic carbocycles. The number of nitro benzene ring substituents is 1. The Morgan fingerprint density at radius 2 is 2.03 bits per heavy atom. The average molecular weight is 424 g/mol. The van der Waals surface area contributed by atoms with Crippen molar-refractivity contribution < 1.29 is 9.72 Å². The van der Waals surface area contributed by atoms with E-state index >= 15 is 0 Å². The number of nitrogens with one attached hydrogen (secondary N) is 1. The first-order chi connectivity index (χ1) is 14.4. The fraction of sp³-hybridized carbons (Fsp3) is 0.0526. The zero-order valence-corrected chi connectivity index (χ0v) is 16.3. The van der Waals surface area contributed by atoms with Crippen molar-refractivity contribution in [2.45, 2.75) is 6.92 Å². The van der Waals surface area contributed by atoms with Crippen LogP contribution in [0.3, 0.4) is 0 Å². The highest BCUT2D eigenvalue weighted by Gasteiger charge is 2.20. The number of carbonyl (C=O) groups excluding carboxylic acids is 1. The Kier molecular flexibility index (Phi) is 4.98. The van der Waals surface area contributed by atoms with Crippen LogP contribution in [0.4, 0.5) is 11.4 Å². The molecule has 150 valence electrons. The lowest BCUT2D eigenvalue weighted by molar-refractivity contribution is -0.384. The van der Waals surface area contributed by atoms with Crippen LogP contribution in [0.25, 0.3) is 11.4 Å². The van der Waals surface area contributed by atoms with E-state index in [0.717, 1.165) is 0 Å². The largest absolute Gasteiger partial charge is 0.319 e. The number of aromatic nitrogens is 5. The smallest absolute Gasteiger partial charge is 0.278 e. The summed E-state index contributed by atoms with van der Waals surface area (Å²) in [6, 6.07) is 12.7. The zero-order valence-electron chi connectivity index (χ0n) is 15.6. The molecule has 0 bridgehead atoms. The summed E-state index contributed by atoms with van der Waals surface area (Å²) in [5.74, 6) is -0.500. The topological polar surface area (TPSA) is 121 Å². The molecule has 1 N–H and O–H groups in total. The Balaban J connectivity index is 1.66. The number of nitro groups is 1. The molecule has 0 fully saturated rings. The Hall–Kier alpha value is -4.05. The van der Waals surface area contributed by atoms with Crippen LogP contribution in [-0.2, 0) is 0 Å². The van der Waals surface area contributed by atoms with E-state index in [-0.39, 0.29) is 11.4 Å². The summed E-state index contributed by atoms with van der Waals surface area (Å²) in [6.45, 7) is 1.65. The first kappa shape index (κ1) is 19.3. The number of nitrogens with zero attached hydrogens (tertiary/aromatic N) is 6. The molecule has 2 heterocycles. The van der Waals surface area contributed by atoms with Gasteiger partial charge in [-0.2, -0.15) is 5.10 Å². The predicted molar refractivity (Wildman–Crippen MR) is 109 cm³/mol. The van der Waals surface area contributed by atoms with Gasteiger partial charge in [0.05, 0.1) is 27.7 Å². The molecule has 0 atom stereocenters. The number of amides is 1. The van der Waals surface area contributed by atoms with Crippen LogP contribution >= 0.6 is 11.6 Å². The standard InChI is InChI=1S/C19H14ClN7O3/c1-12-18(23-24-26(12)14-4-2-5-15(11-14)27(29)30)19(28)22-16-10-13(20)6-7-17(16)25-9-3-8-21-25/h2-11H,1H3,(H,22,28). The molecule has 10 nitrogen and oxygen atoms in total. The molecule has 0 aliphatic heterocycles. The van der Waals surface area contributed by atoms with Gasteiger partial charge in [-0.3, -0.25) is 14.9 Å². The number of benzene rings is 2. The van der Waals surface area contributed by atoms with Crippen LogP contribution in [-0.4, -0.2) is 35.6 Å². The number of carbonyl (C=O) groups is 1. The van der Waals surface area contributed by atoms with Gasteiger partial charge in [-0.1, -0.05) is 22.9 Å². The summed E-state index contributed by atoms with van der Waals surface area (Å²) in [6.07, 6.45) is 3.36. The van der Waals surface area contributed by atoms with Crippen LogP contribution in [0.15, 0.2) is 60.9 Å². The zero-order chi connectivity index (χ0) is 21.3. The van der Waals surface area contributed by atoms with Gasteiger partial charge < -0.3 is 5.32 Å². The lowest BCUT2D eigenvalue weighted by atomic mass is 10.2. The fourth-order valence-corrected chi connectivity index (χ4v) is 3.10. The van der Waals surface area contributed by atoms with Gasteiger partial charge in [0.25, 0.3) is 11.6 Å². The van der Waals surface area contributed by atoms with Crippen LogP contribution in [0.5, 0.6) is 0 Å². The van der Waals surface area contributed by atoms with Crippen molar-refractivity contribution in [2.24, 2.45) is 0 Å². The maximum absolute atomic E-state index is 12.9. The van der Waals surface area contributed by atoms with Crippen molar-refractivity contribution in [3.05, 3.63) is 87.4 Å². The Labute approximate surface area is 174 Å². The molecule has 0 aliphatic rings. The van der Waals surface area contributed by atoms with Gasteiger partial charge in [0, 0.05) is 29.5 Å². The SMILES string of the molecule is Cc1c(C(=O)Nc2cc(Cl)ccc2-n2cccn2)nnn1-c1cccc([N+](=O)[O-])c1. The molecule has 11 heteroatoms. The van der Waals surface area contributed by atoms with Crippen molar-refractivity contribution in [2.75, 3.05) is 5.32 Å². The second-order valence-corrected chi connectivity index (χ2v) is 6.71. The minimum atomic E-state index is -0.501. The Bertz CT molecular complexity index is 1250. The van der Waals surface area contributed by atoms with E-state index < -0.39 is 10.8 Å². The molecular formula is C19H14ClN7O3. The highest BCUT2D eigenvalue weighted by Crippen LogP contribution is 2.25. The molecule has 0 saturated carbocycles. The molecule has 4 aromatic rings. The molecule has 0 radical (unpaired) electrons. The van der Waals surface area contributed by atoms with Crippen molar-refractivity contribution in [3.8, 4) is 11.4 Å². The number of hydrogen-bond donors (Lipinski definition) is 1. The molecular weight excluding hydrogens is 410 g/mol. The normalized spacial score (nSPS) is 10.7. The first-order valence-corrected chi connectivity index (χ1v) is 9.10. The van der Waals surface area contributed by atoms with E-state index in [1.165, 1.54) is 22.9 Å². The van der Waals surface area contributed by atoms with Gasteiger partial charge in [-0.05, 0) is 37.3 Å². The number of non-ortho nitro benzene ring substituents is 1. The third-order valence-corrected chi connectivity index (χ3v) is 4.59. The van der Waals surface area contributed by atoms with Crippen LogP contribution < -0.4 is 5.32 Å². The predicted octanol–water partition coefficient (Wildman–Crippen LogP) is 3.58. The maximum atomic E-state index is 12.9. The van der Waals surface area contributed by atoms with E-state index in [0.29, 0.717) is 27.8 Å². The van der Waals surface area contributed by atoms with E-state index in [1.807, 2.05) is 0 Å². The third kappa shape index (κ3) is 3.63. The lowest BCUT2D eigenvalue weighted by Crippen LogP contribution is -2.16. The number of halogens is 1. The van der Waals surface area contributed by atoms with Gasteiger partial charge in [0.1, 0.15) is 0 Å². The van der Waals surface area contributed by atoms with Crippen molar-refractivity contribution >= 4 is 28.9 Å². The van der Waals surface area contributed by atoms with Gasteiger partial charge in [-0.25, -0.2) is 9.36 Å². The second-order valence-electron chi connectivity index (χ2n) is 6.28. The van der Waals surface area contributed by atoms with E-state index in [1.54, 1.807) is 54.3 Å². The van der Waals surface area contributed by atoms with Crippen LogP contribution in [0.1, 0.15) is 16.2 Å². The van der Waals surface area contributed by atoms with Gasteiger partial charge in [0.2, 0.25) is 0 Å². The minimum Gasteiger partial charge on any atom is -0.319 e. The second kappa shape index (κ2) is 7.76. The molecule has 0 aliphatic carbocycles. The van der Waals surface area contributed by atoms with Crippen molar-refractivity contribution in [1.29, 1.82) is 0 Å². The van der Waals surface area contributed by atoms with Gasteiger partial charge in [-0.15, -0.1) is 5.10 Å². The monoisotopic (exact) mass is 423 g/mol. The van der Waals surface area contributed by atoms with Crippen molar-refractivity contribution in [1.82, 2.24) is 24.8 Å². The molecule has 0 saturated heterocycles. The fourth-order valence-electron chi connectivity index (χ4n) is 2.92. The average Bonchev–Trinajstić information content (AvgIpc) is 3.38. The summed E-state index contributed by atoms with van der Waals surface area (Å²) in [5.41, 5.74) is 1.91. The first-order valence-electron chi connectivity index (χ1n) is 8.72. The van der Waals surface area contributed by atoms with E-state index in [4.69, 9.17) is 11.6 Å². The molecule has 4 rings (SSSR count). The number of anilines is 1. The summed E-state index contributed by atoms with van der Waals surface area (Å²) >= 11 is 6.10. The van der Waals surface area contributed by atoms with E-state index in [9.17, 15) is 14.9 Å². The molecule has 30 heavy (non-hydrogen) atoms. The Morgan fingerprint density at radius 3 is 2.77 bits per heavy atom. The van der Waals surface area contributed by atoms with E-state index in [2.05, 4.69) is 20.7 Å². The third-order valence-electron chi connectivity index (χ3n) is 4.35. The highest BCUT2D eigenvalue weighted by atomic mass is 35.5. The van der Waals surface area contributed by atoms with Gasteiger partial charge in [0.15, 0.2) is 5.69 Å². The summed E-state index contributed by atoms with van der Waals surface area (Å²) < 4.78 is 2.97. The number of rotatable bonds is 5. The van der Waals surface area contributed by atoms with Crippen molar-refractivity contribution in [3.63, 3.8) is 0 Å². The molecule has 2 aromatic heterocycles. The van der Waals surface area contributed by atoms with Crippen LogP contribution in [0, 0.1) is 17.0 Å². The quantitative estimate of drug-likeness (QED) is 0.387. The maximum Gasteiger partial charge on any atom is 0.278 e. The number of hydrogen-bond acceptors (Lipinski definition) is 6.